The van der Waals surface area contributed by atoms with E-state index < -0.39 is 23.6 Å². The first-order valence-corrected chi connectivity index (χ1v) is 11.1. The van der Waals surface area contributed by atoms with E-state index in [0.29, 0.717) is 25.4 Å². The minimum Gasteiger partial charge on any atom is -0.453 e. The van der Waals surface area contributed by atoms with Gasteiger partial charge >= 0.3 is 0 Å². The van der Waals surface area contributed by atoms with Crippen LogP contribution in [0.3, 0.4) is 0 Å². The number of hydrogen-bond donors (Lipinski definition) is 2. The van der Waals surface area contributed by atoms with Crippen molar-refractivity contribution in [3.8, 4) is 11.5 Å². The van der Waals surface area contributed by atoms with Crippen LogP contribution < -0.4 is 20.5 Å². The molecule has 0 radical (unpaired) electrons. The first-order valence-electron chi connectivity index (χ1n) is 11.1. The van der Waals surface area contributed by atoms with Crippen LogP contribution in [0.1, 0.15) is 43.5 Å². The van der Waals surface area contributed by atoms with E-state index in [2.05, 4.69) is 29.6 Å². The number of aromatic nitrogens is 2. The van der Waals surface area contributed by atoms with Gasteiger partial charge in [-0.25, -0.2) is 8.78 Å². The first-order chi connectivity index (χ1) is 15.8. The van der Waals surface area contributed by atoms with Crippen LogP contribution in [0.4, 0.5) is 8.78 Å². The smallest absolute Gasteiger partial charge is 0.255 e. The molecule has 7 nitrogen and oxygen atoms in total. The Labute approximate surface area is 190 Å². The minimum absolute atomic E-state index is 0.107. The van der Waals surface area contributed by atoms with Crippen LogP contribution in [-0.4, -0.2) is 29.1 Å². The number of fused-ring (bicyclic) bond motifs is 1. The SMILES string of the molecule is CC(C)Cn1[nH+]cc2cc(Oc3ccc(F)cc3F)c(C(=O)N[C@H]3CCCCNC3=O)cc21. The van der Waals surface area contributed by atoms with E-state index in [1.807, 2.05) is 4.68 Å². The first kappa shape index (κ1) is 22.7. The highest BCUT2D eigenvalue weighted by Crippen LogP contribution is 2.32. The second-order valence-electron chi connectivity index (χ2n) is 8.67. The number of nitrogens with one attached hydrogen (secondary N) is 3. The Hall–Kier alpha value is -3.49. The van der Waals surface area contributed by atoms with Crippen molar-refractivity contribution in [3.63, 3.8) is 0 Å². The molecule has 3 aromatic rings. The van der Waals surface area contributed by atoms with Gasteiger partial charge in [-0.2, -0.15) is 4.68 Å². The summed E-state index contributed by atoms with van der Waals surface area (Å²) < 4.78 is 35.2. The fraction of sp³-hybridized carbons (Fsp3) is 0.375. The number of carbonyl (C=O) groups excluding carboxylic acids is 2. The molecule has 0 spiro atoms. The topological polar surface area (TPSA) is 86.5 Å². The Balaban J connectivity index is 1.73. The summed E-state index contributed by atoms with van der Waals surface area (Å²) in [6, 6.07) is 5.60. The molecule has 1 aliphatic heterocycles. The van der Waals surface area contributed by atoms with Gasteiger partial charge in [-0.3, -0.25) is 9.59 Å². The molecule has 2 heterocycles. The molecule has 9 heteroatoms. The third kappa shape index (κ3) is 5.13. The van der Waals surface area contributed by atoms with Crippen LogP contribution in [0.5, 0.6) is 11.5 Å². The Kier molecular flexibility index (Phi) is 6.57. The van der Waals surface area contributed by atoms with Gasteiger partial charge in [0.05, 0.1) is 17.5 Å². The molecule has 1 aliphatic rings. The fourth-order valence-corrected chi connectivity index (χ4v) is 3.92. The number of carbonyl (C=O) groups is 2. The lowest BCUT2D eigenvalue weighted by atomic mass is 10.1. The van der Waals surface area contributed by atoms with Crippen LogP contribution in [0.15, 0.2) is 36.5 Å². The zero-order valence-corrected chi connectivity index (χ0v) is 18.6. The van der Waals surface area contributed by atoms with Gasteiger partial charge in [0.25, 0.3) is 5.91 Å². The van der Waals surface area contributed by atoms with Crippen LogP contribution in [0.2, 0.25) is 0 Å². The summed E-state index contributed by atoms with van der Waals surface area (Å²) in [5, 5.41) is 9.50. The number of ether oxygens (including phenoxy) is 1. The summed E-state index contributed by atoms with van der Waals surface area (Å²) in [7, 11) is 0. The number of amides is 2. The largest absolute Gasteiger partial charge is 0.453 e. The quantitative estimate of drug-likeness (QED) is 0.593. The van der Waals surface area contributed by atoms with E-state index in [0.717, 1.165) is 35.9 Å². The maximum Gasteiger partial charge on any atom is 0.255 e. The molecule has 0 unspecified atom stereocenters. The van der Waals surface area contributed by atoms with Crippen LogP contribution in [0, 0.1) is 17.6 Å². The van der Waals surface area contributed by atoms with E-state index in [1.54, 1.807) is 18.3 Å². The van der Waals surface area contributed by atoms with Gasteiger partial charge in [-0.1, -0.05) is 13.8 Å². The van der Waals surface area contributed by atoms with Gasteiger partial charge in [0.1, 0.15) is 23.1 Å². The highest BCUT2D eigenvalue weighted by molar-refractivity contribution is 6.02. The molecule has 0 bridgehead atoms. The monoisotopic (exact) mass is 457 g/mol. The molecule has 33 heavy (non-hydrogen) atoms. The second kappa shape index (κ2) is 9.56. The van der Waals surface area contributed by atoms with Gasteiger partial charge < -0.3 is 15.4 Å². The predicted molar refractivity (Wildman–Crippen MR) is 118 cm³/mol. The molecule has 1 fully saturated rings. The summed E-state index contributed by atoms with van der Waals surface area (Å²) >= 11 is 0. The van der Waals surface area contributed by atoms with Gasteiger partial charge in [0, 0.05) is 12.6 Å². The molecule has 1 aromatic heterocycles. The number of benzene rings is 2. The summed E-state index contributed by atoms with van der Waals surface area (Å²) in [5.74, 6) is -2.09. The van der Waals surface area contributed by atoms with Crippen molar-refractivity contribution in [2.24, 2.45) is 5.92 Å². The molecule has 0 aliphatic carbocycles. The normalized spacial score (nSPS) is 16.5. The Morgan fingerprint density at radius 1 is 1.24 bits per heavy atom. The van der Waals surface area contributed by atoms with Crippen LogP contribution >= 0.6 is 0 Å². The Bertz CT molecular complexity index is 1190. The van der Waals surface area contributed by atoms with E-state index in [-0.39, 0.29) is 23.0 Å². The van der Waals surface area contributed by atoms with Crippen molar-refractivity contribution in [2.45, 2.75) is 45.7 Å². The third-order valence-corrected chi connectivity index (χ3v) is 5.54. The molecule has 2 amide bonds. The lowest BCUT2D eigenvalue weighted by Gasteiger charge is -2.17. The van der Waals surface area contributed by atoms with Gasteiger partial charge in [0.15, 0.2) is 11.6 Å². The Morgan fingerprint density at radius 2 is 2.06 bits per heavy atom. The molecule has 4 rings (SSSR count). The number of rotatable bonds is 6. The van der Waals surface area contributed by atoms with Crippen molar-refractivity contribution in [1.82, 2.24) is 15.3 Å². The van der Waals surface area contributed by atoms with Gasteiger partial charge in [-0.15, -0.1) is 5.10 Å². The van der Waals surface area contributed by atoms with Crippen molar-refractivity contribution >= 4 is 22.7 Å². The number of nitrogens with zero attached hydrogens (tertiary/aromatic N) is 1. The Morgan fingerprint density at radius 3 is 2.82 bits per heavy atom. The predicted octanol–water partition coefficient (Wildman–Crippen LogP) is 3.58. The average molecular weight is 458 g/mol. The maximum absolute atomic E-state index is 14.3. The van der Waals surface area contributed by atoms with Crippen LogP contribution in [0.25, 0.3) is 10.9 Å². The molecule has 0 saturated carbocycles. The van der Waals surface area contributed by atoms with E-state index in [4.69, 9.17) is 4.74 Å². The van der Waals surface area contributed by atoms with E-state index in [1.165, 1.54) is 6.07 Å². The summed E-state index contributed by atoms with van der Waals surface area (Å²) in [5.41, 5.74) is 0.923. The zero-order chi connectivity index (χ0) is 23.5. The lowest BCUT2D eigenvalue weighted by molar-refractivity contribution is -0.487. The van der Waals surface area contributed by atoms with Crippen molar-refractivity contribution < 1.29 is 28.2 Å². The van der Waals surface area contributed by atoms with E-state index >= 15 is 0 Å². The maximum atomic E-state index is 14.3. The van der Waals surface area contributed by atoms with Gasteiger partial charge in [0.2, 0.25) is 12.1 Å². The molecule has 2 aromatic carbocycles. The fourth-order valence-electron chi connectivity index (χ4n) is 3.92. The molecular weight excluding hydrogens is 430 g/mol. The number of H-pyrrole nitrogens is 1. The van der Waals surface area contributed by atoms with Crippen molar-refractivity contribution in [2.75, 3.05) is 6.54 Å². The highest BCUT2D eigenvalue weighted by atomic mass is 19.1. The summed E-state index contributed by atoms with van der Waals surface area (Å²) in [6.45, 7) is 5.43. The highest BCUT2D eigenvalue weighted by Gasteiger charge is 2.26. The molecule has 174 valence electrons. The standard InChI is InChI=1S/C24H26F2N4O3/c1-14(2)13-30-20-11-17(23(31)29-19-5-3-4-8-27-24(19)32)22(9-15(20)12-28-30)33-21-7-6-16(25)10-18(21)26/h6-7,9-12,14,19H,3-5,8,13H2,1-2H3,(H,27,32)(H,29,31)/p+1/t19-/m0/s1. The molecular formula is C24H27F2N4O3+. The van der Waals surface area contributed by atoms with Crippen molar-refractivity contribution in [1.29, 1.82) is 0 Å². The number of halogens is 2. The summed E-state index contributed by atoms with van der Waals surface area (Å²) in [6.07, 6.45) is 3.95. The molecule has 1 atom stereocenters. The molecule has 1 saturated heterocycles. The second-order valence-corrected chi connectivity index (χ2v) is 8.67. The number of hydrogen-bond acceptors (Lipinski definition) is 3. The number of aromatic amines is 1. The van der Waals surface area contributed by atoms with Crippen LogP contribution in [-0.2, 0) is 11.3 Å². The van der Waals surface area contributed by atoms with Gasteiger partial charge in [-0.05, 0) is 49.4 Å². The minimum atomic E-state index is -0.881. The third-order valence-electron chi connectivity index (χ3n) is 5.54. The van der Waals surface area contributed by atoms with E-state index in [9.17, 15) is 18.4 Å². The average Bonchev–Trinajstić information content (AvgIpc) is 3.02. The molecule has 3 N–H and O–H groups in total. The summed E-state index contributed by atoms with van der Waals surface area (Å²) in [4.78, 5) is 25.6. The van der Waals surface area contributed by atoms with Crippen molar-refractivity contribution in [3.05, 3.63) is 53.7 Å². The lowest BCUT2D eigenvalue weighted by Crippen LogP contribution is -2.45. The zero-order valence-electron chi connectivity index (χ0n) is 18.6.